The highest BCUT2D eigenvalue weighted by molar-refractivity contribution is 7.12. The average Bonchev–Trinajstić information content (AvgIpc) is 3.27. The van der Waals surface area contributed by atoms with E-state index in [1.165, 1.54) is 11.3 Å². The van der Waals surface area contributed by atoms with Crippen molar-refractivity contribution in [2.75, 3.05) is 31.5 Å². The van der Waals surface area contributed by atoms with Gasteiger partial charge in [-0.05, 0) is 42.1 Å². The van der Waals surface area contributed by atoms with Gasteiger partial charge in [0.25, 0.3) is 11.8 Å². The van der Waals surface area contributed by atoms with Gasteiger partial charge in [0, 0.05) is 55.2 Å². The maximum Gasteiger partial charge on any atom is 0.266 e. The van der Waals surface area contributed by atoms with Crippen molar-refractivity contribution in [1.82, 2.24) is 14.8 Å². The number of pyridine rings is 1. The molecule has 3 heterocycles. The molecule has 3 aromatic rings. The van der Waals surface area contributed by atoms with Crippen LogP contribution in [0.5, 0.6) is 0 Å². The van der Waals surface area contributed by atoms with E-state index in [-0.39, 0.29) is 17.9 Å². The molecule has 1 atom stereocenters. The first-order valence-corrected chi connectivity index (χ1v) is 11.4. The van der Waals surface area contributed by atoms with Crippen molar-refractivity contribution < 1.29 is 9.59 Å². The number of thiophene rings is 1. The van der Waals surface area contributed by atoms with Gasteiger partial charge in [-0.15, -0.1) is 11.3 Å². The van der Waals surface area contributed by atoms with Gasteiger partial charge in [0.15, 0.2) is 0 Å². The van der Waals surface area contributed by atoms with Crippen LogP contribution >= 0.6 is 22.9 Å². The summed E-state index contributed by atoms with van der Waals surface area (Å²) in [6, 6.07) is 13.1. The van der Waals surface area contributed by atoms with Crippen LogP contribution in [0.25, 0.3) is 0 Å². The third-order valence-electron chi connectivity index (χ3n) is 5.55. The Morgan fingerprint density at radius 3 is 2.48 bits per heavy atom. The zero-order valence-corrected chi connectivity index (χ0v) is 18.7. The summed E-state index contributed by atoms with van der Waals surface area (Å²) in [4.78, 5) is 34.3. The quantitative estimate of drug-likeness (QED) is 0.613. The first-order chi connectivity index (χ1) is 15.0. The van der Waals surface area contributed by atoms with Crippen molar-refractivity contribution in [3.8, 4) is 0 Å². The third kappa shape index (κ3) is 4.79. The molecule has 0 radical (unpaired) electrons. The normalized spacial score (nSPS) is 15.5. The Labute approximate surface area is 190 Å². The lowest BCUT2D eigenvalue weighted by Crippen LogP contribution is -2.49. The maximum atomic E-state index is 13.1. The maximum absolute atomic E-state index is 13.1. The summed E-state index contributed by atoms with van der Waals surface area (Å²) in [5.74, 6) is -0.307. The highest BCUT2D eigenvalue weighted by atomic mass is 35.5. The van der Waals surface area contributed by atoms with Gasteiger partial charge in [-0.25, -0.2) is 0 Å². The highest BCUT2D eigenvalue weighted by Crippen LogP contribution is 2.29. The molecule has 4 rings (SSSR count). The van der Waals surface area contributed by atoms with Gasteiger partial charge in [-0.1, -0.05) is 29.8 Å². The Bertz CT molecular complexity index is 1060. The number of benzene rings is 1. The minimum Gasteiger partial charge on any atom is -0.335 e. The Kier molecular flexibility index (Phi) is 6.65. The molecule has 31 heavy (non-hydrogen) atoms. The standard InChI is InChI=1S/C23H23ClN4O2S/c1-16(18-4-2-3-5-19(18)24)27-11-13-28(14-12-27)23(30)21-20(8-15-31-21)26-22(29)17-6-9-25-10-7-17/h2-10,15-16H,11-14H2,1H3,(H,26,29). The molecule has 8 heteroatoms. The van der Waals surface area contributed by atoms with Gasteiger partial charge in [-0.2, -0.15) is 0 Å². The second kappa shape index (κ2) is 9.60. The van der Waals surface area contributed by atoms with Crippen LogP contribution in [0, 0.1) is 0 Å². The van der Waals surface area contributed by atoms with Crippen LogP contribution in [0.15, 0.2) is 60.2 Å². The number of amides is 2. The lowest BCUT2D eigenvalue weighted by Gasteiger charge is -2.38. The van der Waals surface area contributed by atoms with E-state index in [1.807, 2.05) is 34.5 Å². The topological polar surface area (TPSA) is 65.5 Å². The number of carbonyl (C=O) groups is 2. The van der Waals surface area contributed by atoms with E-state index in [1.54, 1.807) is 30.6 Å². The van der Waals surface area contributed by atoms with Crippen molar-refractivity contribution in [2.45, 2.75) is 13.0 Å². The number of carbonyl (C=O) groups excluding carboxylic acids is 2. The van der Waals surface area contributed by atoms with Crippen molar-refractivity contribution in [1.29, 1.82) is 0 Å². The Morgan fingerprint density at radius 2 is 1.77 bits per heavy atom. The molecule has 1 saturated heterocycles. The predicted molar refractivity (Wildman–Crippen MR) is 124 cm³/mol. The van der Waals surface area contributed by atoms with Crippen LogP contribution in [0.2, 0.25) is 5.02 Å². The molecule has 1 aromatic carbocycles. The number of aromatic nitrogens is 1. The largest absolute Gasteiger partial charge is 0.335 e. The lowest BCUT2D eigenvalue weighted by atomic mass is 10.1. The number of rotatable bonds is 5. The summed E-state index contributed by atoms with van der Waals surface area (Å²) in [5.41, 5.74) is 2.15. The molecule has 0 saturated carbocycles. The van der Waals surface area contributed by atoms with Crippen LogP contribution in [0.3, 0.4) is 0 Å². The SMILES string of the molecule is CC(c1ccccc1Cl)N1CCN(C(=O)c2sccc2NC(=O)c2ccncc2)CC1. The first-order valence-electron chi connectivity index (χ1n) is 10.1. The van der Waals surface area contributed by atoms with Gasteiger partial charge in [-0.3, -0.25) is 19.5 Å². The fourth-order valence-electron chi connectivity index (χ4n) is 3.74. The summed E-state index contributed by atoms with van der Waals surface area (Å²) in [6.07, 6.45) is 3.13. The number of halogens is 1. The molecular weight excluding hydrogens is 432 g/mol. The molecule has 0 bridgehead atoms. The van der Waals surface area contributed by atoms with Gasteiger partial charge >= 0.3 is 0 Å². The zero-order valence-electron chi connectivity index (χ0n) is 17.1. The molecule has 1 fully saturated rings. The molecule has 6 nitrogen and oxygen atoms in total. The second-order valence-corrected chi connectivity index (χ2v) is 8.70. The third-order valence-corrected chi connectivity index (χ3v) is 6.80. The molecule has 1 aliphatic heterocycles. The zero-order chi connectivity index (χ0) is 21.8. The Balaban J connectivity index is 1.39. The summed E-state index contributed by atoms with van der Waals surface area (Å²) in [7, 11) is 0. The smallest absolute Gasteiger partial charge is 0.266 e. The molecule has 0 spiro atoms. The van der Waals surface area contributed by atoms with Crippen molar-refractivity contribution in [2.24, 2.45) is 0 Å². The summed E-state index contributed by atoms with van der Waals surface area (Å²) in [6.45, 7) is 4.93. The summed E-state index contributed by atoms with van der Waals surface area (Å²) in [5, 5.41) is 5.44. The monoisotopic (exact) mass is 454 g/mol. The lowest BCUT2D eigenvalue weighted by molar-refractivity contribution is 0.0587. The molecule has 1 N–H and O–H groups in total. The van der Waals surface area contributed by atoms with Gasteiger partial charge < -0.3 is 10.2 Å². The molecule has 1 aliphatic rings. The number of anilines is 1. The van der Waals surface area contributed by atoms with Gasteiger partial charge in [0.2, 0.25) is 0 Å². The van der Waals surface area contributed by atoms with E-state index in [2.05, 4.69) is 22.1 Å². The molecule has 2 amide bonds. The van der Waals surface area contributed by atoms with Crippen molar-refractivity contribution >= 4 is 40.4 Å². The van der Waals surface area contributed by atoms with Crippen molar-refractivity contribution in [3.63, 3.8) is 0 Å². The Morgan fingerprint density at radius 1 is 1.06 bits per heavy atom. The van der Waals surface area contributed by atoms with Gasteiger partial charge in [0.05, 0.1) is 5.69 Å². The van der Waals surface area contributed by atoms with E-state index in [9.17, 15) is 9.59 Å². The second-order valence-electron chi connectivity index (χ2n) is 7.38. The Hall–Kier alpha value is -2.74. The van der Waals surface area contributed by atoms with Gasteiger partial charge in [0.1, 0.15) is 4.88 Å². The number of piperazine rings is 1. The molecule has 0 aliphatic carbocycles. The van der Waals surface area contributed by atoms with Crippen LogP contribution in [0.4, 0.5) is 5.69 Å². The first kappa shape index (κ1) is 21.5. The van der Waals surface area contributed by atoms with Crippen LogP contribution in [-0.2, 0) is 0 Å². The fraction of sp³-hybridized carbons (Fsp3) is 0.261. The predicted octanol–water partition coefficient (Wildman–Crippen LogP) is 4.57. The minimum atomic E-state index is -0.256. The number of hydrogen-bond acceptors (Lipinski definition) is 5. The molecule has 1 unspecified atom stereocenters. The van der Waals surface area contributed by atoms with E-state index < -0.39 is 0 Å². The van der Waals surface area contributed by atoms with Crippen molar-refractivity contribution in [3.05, 3.63) is 81.3 Å². The van der Waals surface area contributed by atoms with E-state index in [0.717, 1.165) is 23.7 Å². The number of nitrogens with zero attached hydrogens (tertiary/aromatic N) is 3. The number of hydrogen-bond donors (Lipinski definition) is 1. The molecular formula is C23H23ClN4O2S. The molecule has 160 valence electrons. The minimum absolute atomic E-state index is 0.0509. The fourth-order valence-corrected chi connectivity index (χ4v) is 4.85. The summed E-state index contributed by atoms with van der Waals surface area (Å²) < 4.78 is 0. The number of nitrogens with one attached hydrogen (secondary N) is 1. The van der Waals surface area contributed by atoms with E-state index in [4.69, 9.17) is 11.6 Å². The molecule has 2 aromatic heterocycles. The van der Waals surface area contributed by atoms with E-state index >= 15 is 0 Å². The van der Waals surface area contributed by atoms with Crippen LogP contribution in [-0.4, -0.2) is 52.8 Å². The summed E-state index contributed by atoms with van der Waals surface area (Å²) >= 11 is 7.71. The average molecular weight is 455 g/mol. The van der Waals surface area contributed by atoms with Crippen LogP contribution in [0.1, 0.15) is 38.6 Å². The van der Waals surface area contributed by atoms with E-state index in [0.29, 0.717) is 29.2 Å². The highest BCUT2D eigenvalue weighted by Gasteiger charge is 2.28. The van der Waals surface area contributed by atoms with Crippen LogP contribution < -0.4 is 5.32 Å².